The number of anilines is 1. The number of carbonyl (C=O) groups excluding carboxylic acids is 2. The number of amides is 1. The van der Waals surface area contributed by atoms with Crippen molar-refractivity contribution in [2.45, 2.75) is 19.4 Å². The molecule has 1 fully saturated rings. The lowest BCUT2D eigenvalue weighted by Crippen LogP contribution is -2.29. The number of rotatable bonds is 6. The molecule has 1 N–H and O–H groups in total. The molecule has 0 saturated carbocycles. The molecule has 1 unspecified atom stereocenters. The lowest BCUT2D eigenvalue weighted by Gasteiger charge is -2.22. The van der Waals surface area contributed by atoms with Crippen LogP contribution in [0.25, 0.3) is 5.76 Å². The Morgan fingerprint density at radius 1 is 1.13 bits per heavy atom. The molecule has 0 spiro atoms. The van der Waals surface area contributed by atoms with Crippen molar-refractivity contribution in [2.75, 3.05) is 11.5 Å². The van der Waals surface area contributed by atoms with Crippen LogP contribution in [0.5, 0.6) is 5.75 Å². The Bertz CT molecular complexity index is 1080. The summed E-state index contributed by atoms with van der Waals surface area (Å²) in [6.45, 7) is 2.61. The zero-order valence-corrected chi connectivity index (χ0v) is 17.1. The molecule has 4 rings (SSSR count). The van der Waals surface area contributed by atoms with Gasteiger partial charge < -0.3 is 9.84 Å². The lowest BCUT2D eigenvalue weighted by molar-refractivity contribution is -0.132. The zero-order chi connectivity index (χ0) is 21.1. The second kappa shape index (κ2) is 8.51. The molecule has 1 saturated heterocycles. The summed E-state index contributed by atoms with van der Waals surface area (Å²) in [6.07, 6.45) is 2.47. The Kier molecular flexibility index (Phi) is 5.63. The van der Waals surface area contributed by atoms with E-state index in [0.717, 1.165) is 12.0 Å². The van der Waals surface area contributed by atoms with Crippen molar-refractivity contribution in [3.05, 3.63) is 82.9 Å². The van der Waals surface area contributed by atoms with Gasteiger partial charge in [0.25, 0.3) is 5.78 Å². The van der Waals surface area contributed by atoms with Gasteiger partial charge in [-0.1, -0.05) is 37.3 Å². The van der Waals surface area contributed by atoms with Crippen LogP contribution >= 0.6 is 11.3 Å². The average Bonchev–Trinajstić information content (AvgIpc) is 3.40. The maximum Gasteiger partial charge on any atom is 0.301 e. The maximum absolute atomic E-state index is 13.0. The predicted octanol–water partition coefficient (Wildman–Crippen LogP) is 4.56. The minimum absolute atomic E-state index is 0.0450. The minimum atomic E-state index is -0.756. The summed E-state index contributed by atoms with van der Waals surface area (Å²) in [5, 5.41) is 13.2. The van der Waals surface area contributed by atoms with E-state index in [1.807, 2.05) is 37.3 Å². The van der Waals surface area contributed by atoms with E-state index in [-0.39, 0.29) is 11.3 Å². The van der Waals surface area contributed by atoms with E-state index in [1.165, 1.54) is 16.2 Å². The highest BCUT2D eigenvalue weighted by Gasteiger charge is 2.47. The summed E-state index contributed by atoms with van der Waals surface area (Å²) >= 11 is 1.26. The number of aliphatic hydroxyl groups is 1. The van der Waals surface area contributed by atoms with E-state index >= 15 is 0 Å². The molecule has 0 bridgehead atoms. The maximum atomic E-state index is 13.0. The summed E-state index contributed by atoms with van der Waals surface area (Å²) < 4.78 is 5.58. The SMILES string of the molecule is CCCOc1ccc(C(O)=C2C(=O)C(=O)N(c3nccs3)C2c2ccccc2)cc1. The fourth-order valence-electron chi connectivity index (χ4n) is 3.40. The highest BCUT2D eigenvalue weighted by molar-refractivity contribution is 7.14. The summed E-state index contributed by atoms with van der Waals surface area (Å²) in [5.74, 6) is -0.981. The number of nitrogens with zero attached hydrogens (tertiary/aromatic N) is 2. The molecule has 1 atom stereocenters. The molecule has 1 aliphatic rings. The lowest BCUT2D eigenvalue weighted by atomic mass is 9.95. The number of benzene rings is 2. The van der Waals surface area contributed by atoms with Gasteiger partial charge in [0.2, 0.25) is 0 Å². The fourth-order valence-corrected chi connectivity index (χ4v) is 4.07. The van der Waals surface area contributed by atoms with E-state index in [0.29, 0.717) is 23.1 Å². The number of ether oxygens (including phenoxy) is 1. The number of hydrogen-bond donors (Lipinski definition) is 1. The standard InChI is InChI=1S/C23H20N2O4S/c1-2-13-29-17-10-8-16(9-11-17)20(26)18-19(15-6-4-3-5-7-15)25(22(28)21(18)27)23-24-12-14-30-23/h3-12,14,19,26H,2,13H2,1H3. The van der Waals surface area contributed by atoms with Crippen molar-refractivity contribution in [3.63, 3.8) is 0 Å². The van der Waals surface area contributed by atoms with E-state index in [9.17, 15) is 14.7 Å². The zero-order valence-electron chi connectivity index (χ0n) is 16.3. The molecule has 7 heteroatoms. The largest absolute Gasteiger partial charge is 0.507 e. The number of aliphatic hydroxyl groups excluding tert-OH is 1. The molecule has 2 aromatic carbocycles. The Labute approximate surface area is 178 Å². The molecule has 30 heavy (non-hydrogen) atoms. The summed E-state index contributed by atoms with van der Waals surface area (Å²) in [6, 6.07) is 15.2. The molecular formula is C23H20N2O4S. The summed E-state index contributed by atoms with van der Waals surface area (Å²) in [7, 11) is 0. The van der Waals surface area contributed by atoms with Crippen LogP contribution in [-0.4, -0.2) is 28.4 Å². The predicted molar refractivity (Wildman–Crippen MR) is 116 cm³/mol. The van der Waals surface area contributed by atoms with Crippen molar-refractivity contribution in [1.29, 1.82) is 0 Å². The Morgan fingerprint density at radius 2 is 1.87 bits per heavy atom. The average molecular weight is 420 g/mol. The molecule has 6 nitrogen and oxygen atoms in total. The summed E-state index contributed by atoms with van der Waals surface area (Å²) in [5.41, 5.74) is 1.21. The smallest absolute Gasteiger partial charge is 0.301 e. The van der Waals surface area contributed by atoms with Gasteiger partial charge in [0.15, 0.2) is 5.13 Å². The summed E-state index contributed by atoms with van der Waals surface area (Å²) in [4.78, 5) is 31.4. The van der Waals surface area contributed by atoms with Crippen LogP contribution in [0.3, 0.4) is 0 Å². The number of hydrogen-bond acceptors (Lipinski definition) is 6. The first-order chi connectivity index (χ1) is 14.6. The molecule has 1 amide bonds. The van der Waals surface area contributed by atoms with Gasteiger partial charge in [-0.15, -0.1) is 11.3 Å². The van der Waals surface area contributed by atoms with Crippen LogP contribution in [0.1, 0.15) is 30.5 Å². The van der Waals surface area contributed by atoms with Crippen LogP contribution in [0.4, 0.5) is 5.13 Å². The van der Waals surface area contributed by atoms with E-state index < -0.39 is 17.7 Å². The van der Waals surface area contributed by atoms with Crippen LogP contribution in [0.15, 0.2) is 71.7 Å². The van der Waals surface area contributed by atoms with Gasteiger partial charge >= 0.3 is 5.91 Å². The molecule has 3 aromatic rings. The number of Topliss-reactive ketones (excluding diaryl/α,β-unsaturated/α-hetero) is 1. The quantitative estimate of drug-likeness (QED) is 0.359. The Hall–Kier alpha value is -3.45. The van der Waals surface area contributed by atoms with Crippen molar-refractivity contribution in [3.8, 4) is 5.75 Å². The van der Waals surface area contributed by atoms with Crippen LogP contribution < -0.4 is 9.64 Å². The van der Waals surface area contributed by atoms with Gasteiger partial charge in [-0.3, -0.25) is 14.5 Å². The van der Waals surface area contributed by atoms with Crippen LogP contribution in [0, 0.1) is 0 Å². The van der Waals surface area contributed by atoms with E-state index in [1.54, 1.807) is 35.8 Å². The first kappa shape index (κ1) is 19.8. The molecule has 0 radical (unpaired) electrons. The highest BCUT2D eigenvalue weighted by Crippen LogP contribution is 2.42. The number of thiazole rings is 1. The molecular weight excluding hydrogens is 400 g/mol. The number of aromatic nitrogens is 1. The second-order valence-corrected chi connectivity index (χ2v) is 7.64. The molecule has 0 aliphatic carbocycles. The highest BCUT2D eigenvalue weighted by atomic mass is 32.1. The van der Waals surface area contributed by atoms with Crippen LogP contribution in [0.2, 0.25) is 0 Å². The minimum Gasteiger partial charge on any atom is -0.507 e. The molecule has 2 heterocycles. The van der Waals surface area contributed by atoms with Gasteiger partial charge in [-0.2, -0.15) is 0 Å². The van der Waals surface area contributed by atoms with Gasteiger partial charge in [-0.25, -0.2) is 4.98 Å². The number of ketones is 1. The Morgan fingerprint density at radius 3 is 2.50 bits per heavy atom. The topological polar surface area (TPSA) is 79.7 Å². The van der Waals surface area contributed by atoms with Gasteiger partial charge in [0.05, 0.1) is 18.2 Å². The number of carbonyl (C=O) groups is 2. The third-order valence-electron chi connectivity index (χ3n) is 4.79. The van der Waals surface area contributed by atoms with Crippen molar-refractivity contribution < 1.29 is 19.4 Å². The monoisotopic (exact) mass is 420 g/mol. The Balaban J connectivity index is 1.81. The van der Waals surface area contributed by atoms with Crippen molar-refractivity contribution in [1.82, 2.24) is 4.98 Å². The van der Waals surface area contributed by atoms with Gasteiger partial charge in [-0.05, 0) is 36.2 Å². The first-order valence-corrected chi connectivity index (χ1v) is 10.5. The van der Waals surface area contributed by atoms with Crippen molar-refractivity contribution >= 4 is 33.9 Å². The first-order valence-electron chi connectivity index (χ1n) is 9.60. The van der Waals surface area contributed by atoms with Crippen molar-refractivity contribution in [2.24, 2.45) is 0 Å². The van der Waals surface area contributed by atoms with E-state index in [4.69, 9.17) is 4.74 Å². The normalized spacial score (nSPS) is 18.0. The third kappa shape index (κ3) is 3.59. The van der Waals surface area contributed by atoms with E-state index in [2.05, 4.69) is 4.98 Å². The fraction of sp³-hybridized carbons (Fsp3) is 0.174. The van der Waals surface area contributed by atoms with Gasteiger partial charge in [0, 0.05) is 17.1 Å². The molecule has 152 valence electrons. The second-order valence-electron chi connectivity index (χ2n) is 6.77. The van der Waals surface area contributed by atoms with Gasteiger partial charge in [0.1, 0.15) is 11.5 Å². The third-order valence-corrected chi connectivity index (χ3v) is 5.56. The molecule has 1 aromatic heterocycles. The molecule has 1 aliphatic heterocycles. The van der Waals surface area contributed by atoms with Crippen LogP contribution in [-0.2, 0) is 9.59 Å².